The van der Waals surface area contributed by atoms with Crippen LogP contribution in [0.1, 0.15) is 17.7 Å². The Labute approximate surface area is 111 Å². The van der Waals surface area contributed by atoms with Gasteiger partial charge in [-0.05, 0) is 31.5 Å². The molecule has 2 aromatic rings. The van der Waals surface area contributed by atoms with Gasteiger partial charge in [-0.25, -0.2) is 0 Å². The Kier molecular flexibility index (Phi) is 4.19. The highest BCUT2D eigenvalue weighted by atomic mass is 16.4. The quantitative estimate of drug-likeness (QED) is 0.591. The molecule has 5 N–H and O–H groups in total. The minimum atomic E-state index is -0.954. The van der Waals surface area contributed by atoms with Crippen molar-refractivity contribution < 1.29 is 9.90 Å². The first-order valence-corrected chi connectivity index (χ1v) is 6.35. The molecule has 5 heteroatoms. The second-order valence-electron chi connectivity index (χ2n) is 4.68. The molecule has 0 fully saturated rings. The molecule has 0 spiro atoms. The zero-order valence-corrected chi connectivity index (χ0v) is 10.9. The molecule has 0 aliphatic rings. The summed E-state index contributed by atoms with van der Waals surface area (Å²) in [6, 6.07) is 7.35. The number of carboxylic acids is 1. The molecule has 0 bridgehead atoms. The lowest BCUT2D eigenvalue weighted by atomic mass is 10.1. The topological polar surface area (TPSA) is 91.1 Å². The van der Waals surface area contributed by atoms with Gasteiger partial charge in [0.2, 0.25) is 0 Å². The molecule has 1 aromatic heterocycles. The monoisotopic (exact) mass is 261 g/mol. The average Bonchev–Trinajstić information content (AvgIpc) is 2.70. The van der Waals surface area contributed by atoms with Crippen LogP contribution in [-0.2, 0) is 11.3 Å². The molecule has 5 nitrogen and oxygen atoms in total. The second kappa shape index (κ2) is 5.86. The van der Waals surface area contributed by atoms with Gasteiger partial charge in [0.05, 0.1) is 0 Å². The minimum absolute atomic E-state index is 0.427. The molecule has 0 amide bonds. The highest BCUT2D eigenvalue weighted by Crippen LogP contribution is 2.21. The number of nitrogens with two attached hydrogens (primary N) is 1. The van der Waals surface area contributed by atoms with E-state index in [9.17, 15) is 4.79 Å². The maximum Gasteiger partial charge on any atom is 0.320 e. The van der Waals surface area contributed by atoms with Crippen molar-refractivity contribution in [3.63, 3.8) is 0 Å². The predicted molar refractivity (Wildman–Crippen MR) is 75.0 cm³/mol. The molecule has 0 saturated heterocycles. The summed E-state index contributed by atoms with van der Waals surface area (Å²) in [5.74, 6) is -0.954. The van der Waals surface area contributed by atoms with E-state index in [1.807, 2.05) is 25.1 Å². The number of aromatic nitrogens is 1. The molecule has 2 rings (SSSR count). The highest BCUT2D eigenvalue weighted by molar-refractivity contribution is 5.84. The van der Waals surface area contributed by atoms with Crippen LogP contribution in [0.5, 0.6) is 0 Å². The SMILES string of the molecule is Cc1[nH]c2ccccc2c1CNCCC(N)C(=O)O. The van der Waals surface area contributed by atoms with E-state index in [4.69, 9.17) is 10.8 Å². The molecule has 0 radical (unpaired) electrons. The van der Waals surface area contributed by atoms with E-state index < -0.39 is 12.0 Å². The summed E-state index contributed by atoms with van der Waals surface area (Å²) in [7, 11) is 0. The van der Waals surface area contributed by atoms with E-state index in [-0.39, 0.29) is 0 Å². The van der Waals surface area contributed by atoms with E-state index in [2.05, 4.69) is 16.4 Å². The van der Waals surface area contributed by atoms with Gasteiger partial charge in [-0.15, -0.1) is 0 Å². The molecule has 1 aromatic carbocycles. The zero-order chi connectivity index (χ0) is 13.8. The van der Waals surface area contributed by atoms with Crippen molar-refractivity contribution in [2.24, 2.45) is 5.73 Å². The first kappa shape index (κ1) is 13.6. The maximum atomic E-state index is 10.6. The van der Waals surface area contributed by atoms with Crippen LogP contribution >= 0.6 is 0 Å². The summed E-state index contributed by atoms with van der Waals surface area (Å²) in [4.78, 5) is 13.9. The number of hydrogen-bond donors (Lipinski definition) is 4. The van der Waals surface area contributed by atoms with Crippen LogP contribution in [0, 0.1) is 6.92 Å². The van der Waals surface area contributed by atoms with Crippen molar-refractivity contribution in [3.05, 3.63) is 35.5 Å². The number of aryl methyl sites for hydroxylation is 1. The van der Waals surface area contributed by atoms with Crippen molar-refractivity contribution in [2.75, 3.05) is 6.54 Å². The fourth-order valence-corrected chi connectivity index (χ4v) is 2.16. The molecule has 1 atom stereocenters. The Hall–Kier alpha value is -1.85. The second-order valence-corrected chi connectivity index (χ2v) is 4.68. The highest BCUT2D eigenvalue weighted by Gasteiger charge is 2.11. The van der Waals surface area contributed by atoms with Gasteiger partial charge in [0.1, 0.15) is 6.04 Å². The first-order valence-electron chi connectivity index (χ1n) is 6.35. The molecule has 0 saturated carbocycles. The largest absolute Gasteiger partial charge is 0.480 e. The van der Waals surface area contributed by atoms with E-state index in [1.54, 1.807) is 0 Å². The number of rotatable bonds is 6. The van der Waals surface area contributed by atoms with Crippen molar-refractivity contribution >= 4 is 16.9 Å². The van der Waals surface area contributed by atoms with Gasteiger partial charge in [0.25, 0.3) is 0 Å². The normalized spacial score (nSPS) is 12.7. The lowest BCUT2D eigenvalue weighted by Gasteiger charge is -2.08. The van der Waals surface area contributed by atoms with Gasteiger partial charge in [-0.2, -0.15) is 0 Å². The summed E-state index contributed by atoms with van der Waals surface area (Å²) >= 11 is 0. The van der Waals surface area contributed by atoms with E-state index >= 15 is 0 Å². The van der Waals surface area contributed by atoms with Crippen molar-refractivity contribution in [3.8, 4) is 0 Å². The van der Waals surface area contributed by atoms with Gasteiger partial charge >= 0.3 is 5.97 Å². The molecular weight excluding hydrogens is 242 g/mol. The van der Waals surface area contributed by atoms with Gasteiger partial charge in [0, 0.05) is 23.1 Å². The number of hydrogen-bond acceptors (Lipinski definition) is 3. The van der Waals surface area contributed by atoms with Gasteiger partial charge in [-0.3, -0.25) is 4.79 Å². The third-order valence-corrected chi connectivity index (χ3v) is 3.28. The van der Waals surface area contributed by atoms with Gasteiger partial charge < -0.3 is 21.1 Å². The van der Waals surface area contributed by atoms with Crippen LogP contribution < -0.4 is 11.1 Å². The summed E-state index contributed by atoms with van der Waals surface area (Å²) in [6.45, 7) is 3.34. The van der Waals surface area contributed by atoms with Gasteiger partial charge in [0.15, 0.2) is 0 Å². The molecule has 19 heavy (non-hydrogen) atoms. The van der Waals surface area contributed by atoms with Crippen LogP contribution in [-0.4, -0.2) is 28.6 Å². The number of para-hydroxylation sites is 1. The lowest BCUT2D eigenvalue weighted by Crippen LogP contribution is -2.33. The molecule has 0 aliphatic carbocycles. The minimum Gasteiger partial charge on any atom is -0.480 e. The van der Waals surface area contributed by atoms with E-state index in [0.717, 1.165) is 11.2 Å². The van der Waals surface area contributed by atoms with Crippen LogP contribution in [0.3, 0.4) is 0 Å². The fourth-order valence-electron chi connectivity index (χ4n) is 2.16. The molecular formula is C14H19N3O2. The van der Waals surface area contributed by atoms with Crippen LogP contribution in [0.4, 0.5) is 0 Å². The van der Waals surface area contributed by atoms with E-state index in [1.165, 1.54) is 10.9 Å². The third kappa shape index (κ3) is 3.13. The number of nitrogens with one attached hydrogen (secondary N) is 2. The number of H-pyrrole nitrogens is 1. The van der Waals surface area contributed by atoms with Crippen molar-refractivity contribution in [2.45, 2.75) is 25.9 Å². The Bertz CT molecular complexity index is 577. The Morgan fingerprint density at radius 2 is 2.21 bits per heavy atom. The third-order valence-electron chi connectivity index (χ3n) is 3.28. The smallest absolute Gasteiger partial charge is 0.320 e. The fraction of sp³-hybridized carbons (Fsp3) is 0.357. The standard InChI is InChI=1S/C14H19N3O2/c1-9-11(8-16-7-6-12(15)14(18)19)10-4-2-3-5-13(10)17-9/h2-5,12,16-17H,6-8,15H2,1H3,(H,18,19). The molecule has 102 valence electrons. The van der Waals surface area contributed by atoms with Crippen LogP contribution in [0.2, 0.25) is 0 Å². The summed E-state index contributed by atoms with van der Waals surface area (Å²) in [5.41, 5.74) is 8.93. The molecule has 1 heterocycles. The summed E-state index contributed by atoms with van der Waals surface area (Å²) < 4.78 is 0. The number of benzene rings is 1. The number of aromatic amines is 1. The van der Waals surface area contributed by atoms with Crippen LogP contribution in [0.15, 0.2) is 24.3 Å². The maximum absolute atomic E-state index is 10.6. The zero-order valence-electron chi connectivity index (χ0n) is 10.9. The molecule has 0 aliphatic heterocycles. The first-order chi connectivity index (χ1) is 9.09. The lowest BCUT2D eigenvalue weighted by molar-refractivity contribution is -0.138. The Morgan fingerprint density at radius 1 is 1.47 bits per heavy atom. The van der Waals surface area contributed by atoms with E-state index in [0.29, 0.717) is 19.5 Å². The predicted octanol–water partition coefficient (Wildman–Crippen LogP) is 1.37. The number of aliphatic carboxylic acids is 1. The Balaban J connectivity index is 1.95. The van der Waals surface area contributed by atoms with Crippen molar-refractivity contribution in [1.29, 1.82) is 0 Å². The van der Waals surface area contributed by atoms with Crippen molar-refractivity contribution in [1.82, 2.24) is 10.3 Å². The summed E-state index contributed by atoms with van der Waals surface area (Å²) in [6.07, 6.45) is 0.427. The number of fused-ring (bicyclic) bond motifs is 1. The van der Waals surface area contributed by atoms with Gasteiger partial charge in [-0.1, -0.05) is 18.2 Å². The van der Waals surface area contributed by atoms with Crippen LogP contribution in [0.25, 0.3) is 10.9 Å². The summed E-state index contributed by atoms with van der Waals surface area (Å²) in [5, 5.41) is 13.1. The number of carbonyl (C=O) groups is 1. The molecule has 1 unspecified atom stereocenters. The average molecular weight is 261 g/mol. The number of carboxylic acid groups (broad SMARTS) is 1. The Morgan fingerprint density at radius 3 is 2.95 bits per heavy atom.